The third-order valence-corrected chi connectivity index (χ3v) is 7.56. The Morgan fingerprint density at radius 1 is 1.03 bits per heavy atom. The van der Waals surface area contributed by atoms with Crippen molar-refractivity contribution in [3.63, 3.8) is 0 Å². The van der Waals surface area contributed by atoms with Crippen LogP contribution in [0.1, 0.15) is 22.3 Å². The third kappa shape index (κ3) is 5.22. The quantitative estimate of drug-likeness (QED) is 0.488. The first-order chi connectivity index (χ1) is 18.4. The van der Waals surface area contributed by atoms with E-state index in [4.69, 9.17) is 9.72 Å². The molecule has 2 saturated heterocycles. The summed E-state index contributed by atoms with van der Waals surface area (Å²) in [5.74, 6) is -0.0117. The zero-order valence-corrected chi connectivity index (χ0v) is 21.5. The summed E-state index contributed by atoms with van der Waals surface area (Å²) in [5.41, 5.74) is 4.69. The molecule has 2 N–H and O–H groups in total. The highest BCUT2D eigenvalue weighted by atomic mass is 19.1. The molecule has 1 aromatic heterocycles. The van der Waals surface area contributed by atoms with Gasteiger partial charge < -0.3 is 20.1 Å². The number of hydrogen-bond acceptors (Lipinski definition) is 8. The average Bonchev–Trinajstić information content (AvgIpc) is 3.31. The van der Waals surface area contributed by atoms with Crippen molar-refractivity contribution in [2.24, 2.45) is 0 Å². The van der Waals surface area contributed by atoms with Gasteiger partial charge in [0.1, 0.15) is 17.5 Å². The number of ether oxygens (including phenoxy) is 1. The first-order valence-electron chi connectivity index (χ1n) is 13.1. The number of hydrogen-bond donors (Lipinski definition) is 2. The zero-order valence-electron chi connectivity index (χ0n) is 21.5. The van der Waals surface area contributed by atoms with Gasteiger partial charge in [0.2, 0.25) is 5.95 Å². The molecule has 3 aliphatic heterocycles. The number of halogens is 2. The largest absolute Gasteiger partial charge is 0.390 e. The van der Waals surface area contributed by atoms with E-state index in [1.807, 2.05) is 15.9 Å². The Morgan fingerprint density at radius 3 is 2.53 bits per heavy atom. The number of aromatic nitrogens is 2. The lowest BCUT2D eigenvalue weighted by atomic mass is 10.0. The molecule has 6 rings (SSSR count). The molecular formula is C28H32F2N6O2. The van der Waals surface area contributed by atoms with Gasteiger partial charge in [-0.3, -0.25) is 9.80 Å². The van der Waals surface area contributed by atoms with Crippen molar-refractivity contribution in [3.8, 4) is 0 Å². The minimum absolute atomic E-state index is 0.0861. The second-order valence-corrected chi connectivity index (χ2v) is 10.3. The first-order valence-corrected chi connectivity index (χ1v) is 13.1. The van der Waals surface area contributed by atoms with Gasteiger partial charge >= 0.3 is 0 Å². The molecule has 2 aromatic carbocycles. The van der Waals surface area contributed by atoms with Crippen molar-refractivity contribution in [1.82, 2.24) is 19.8 Å². The topological polar surface area (TPSA) is 77.0 Å². The van der Waals surface area contributed by atoms with Crippen molar-refractivity contribution >= 4 is 23.1 Å². The highest BCUT2D eigenvalue weighted by Crippen LogP contribution is 2.35. The molecule has 0 unspecified atom stereocenters. The van der Waals surface area contributed by atoms with Crippen LogP contribution in [0.4, 0.5) is 31.9 Å². The molecule has 3 aliphatic rings. The molecule has 0 amide bonds. The van der Waals surface area contributed by atoms with Gasteiger partial charge in [-0.2, -0.15) is 4.98 Å². The molecule has 4 heterocycles. The smallest absolute Gasteiger partial charge is 0.229 e. The van der Waals surface area contributed by atoms with Crippen molar-refractivity contribution in [2.45, 2.75) is 32.5 Å². The van der Waals surface area contributed by atoms with E-state index in [1.165, 1.54) is 23.3 Å². The van der Waals surface area contributed by atoms with E-state index < -0.39 is 11.6 Å². The molecule has 0 aliphatic carbocycles. The van der Waals surface area contributed by atoms with Gasteiger partial charge in [0, 0.05) is 74.5 Å². The number of morpholine rings is 1. The van der Waals surface area contributed by atoms with Crippen molar-refractivity contribution in [2.75, 3.05) is 56.2 Å². The van der Waals surface area contributed by atoms with E-state index in [0.29, 0.717) is 69.8 Å². The van der Waals surface area contributed by atoms with Crippen LogP contribution in [0.2, 0.25) is 0 Å². The van der Waals surface area contributed by atoms with E-state index in [-0.39, 0.29) is 18.2 Å². The predicted molar refractivity (Wildman–Crippen MR) is 141 cm³/mol. The van der Waals surface area contributed by atoms with Crippen molar-refractivity contribution in [1.29, 1.82) is 0 Å². The predicted octanol–water partition coefficient (Wildman–Crippen LogP) is 3.51. The molecule has 0 spiro atoms. The lowest BCUT2D eigenvalue weighted by Gasteiger charge is -2.36. The second kappa shape index (κ2) is 10.5. The number of rotatable bonds is 7. The second-order valence-electron chi connectivity index (χ2n) is 10.3. The minimum Gasteiger partial charge on any atom is -0.390 e. The molecular weight excluding hydrogens is 490 g/mol. The standard InChI is InChI=1S/C28H32F2N6O2/c1-18-2-3-21(10-20(18)14-35-15-23(37)16-35)32-28-31-13-19-4-5-36(27(19)33-28)22-11-25(29)24(26(30)12-22)17-34-6-8-38-9-7-34/h2-3,10-13,23,37H,4-9,14-17H2,1H3,(H,31,32,33). The van der Waals surface area contributed by atoms with Crippen LogP contribution in [0.25, 0.3) is 0 Å². The van der Waals surface area contributed by atoms with Crippen LogP contribution in [-0.4, -0.2) is 76.9 Å². The number of aliphatic hydroxyl groups is 1. The van der Waals surface area contributed by atoms with E-state index in [0.717, 1.165) is 17.8 Å². The number of nitrogens with one attached hydrogen (secondary N) is 1. The zero-order chi connectivity index (χ0) is 26.2. The van der Waals surface area contributed by atoms with E-state index in [1.54, 1.807) is 6.20 Å². The maximum atomic E-state index is 15.1. The summed E-state index contributed by atoms with van der Waals surface area (Å²) in [6.07, 6.45) is 2.24. The summed E-state index contributed by atoms with van der Waals surface area (Å²) in [5, 5.41) is 12.9. The molecule has 38 heavy (non-hydrogen) atoms. The Bertz CT molecular complexity index is 1300. The SMILES string of the molecule is Cc1ccc(Nc2ncc3c(n2)N(c2cc(F)c(CN4CCOCC4)c(F)c2)CC3)cc1CN1CC(O)C1. The Balaban J connectivity index is 1.20. The van der Waals surface area contributed by atoms with Gasteiger partial charge in [-0.15, -0.1) is 0 Å². The molecule has 0 radical (unpaired) electrons. The number of benzene rings is 2. The van der Waals surface area contributed by atoms with Crippen LogP contribution in [0.15, 0.2) is 36.5 Å². The first kappa shape index (κ1) is 25.1. The van der Waals surface area contributed by atoms with Crippen LogP contribution in [0, 0.1) is 18.6 Å². The normalized spacial score (nSPS) is 18.5. The van der Waals surface area contributed by atoms with Crippen LogP contribution < -0.4 is 10.2 Å². The van der Waals surface area contributed by atoms with Gasteiger partial charge in [0.05, 0.1) is 19.3 Å². The highest BCUT2D eigenvalue weighted by molar-refractivity contribution is 5.68. The number of fused-ring (bicyclic) bond motifs is 1. The Kier molecular flexibility index (Phi) is 6.96. The fourth-order valence-corrected chi connectivity index (χ4v) is 5.30. The molecule has 10 heteroatoms. The molecule has 2 fully saturated rings. The molecule has 3 aromatic rings. The summed E-state index contributed by atoms with van der Waals surface area (Å²) >= 11 is 0. The van der Waals surface area contributed by atoms with Crippen LogP contribution in [0.5, 0.6) is 0 Å². The highest BCUT2D eigenvalue weighted by Gasteiger charge is 2.27. The van der Waals surface area contributed by atoms with E-state index in [9.17, 15) is 5.11 Å². The molecule has 0 bridgehead atoms. The lowest BCUT2D eigenvalue weighted by Crippen LogP contribution is -2.49. The molecule has 8 nitrogen and oxygen atoms in total. The van der Waals surface area contributed by atoms with Crippen molar-refractivity contribution < 1.29 is 18.6 Å². The summed E-state index contributed by atoms with van der Waals surface area (Å²) in [4.78, 5) is 15.3. The van der Waals surface area contributed by atoms with Gasteiger partial charge in [0.15, 0.2) is 0 Å². The molecule has 200 valence electrons. The maximum absolute atomic E-state index is 15.1. The summed E-state index contributed by atoms with van der Waals surface area (Å²) < 4.78 is 35.5. The van der Waals surface area contributed by atoms with Gasteiger partial charge in [-0.05, 0) is 48.7 Å². The summed E-state index contributed by atoms with van der Waals surface area (Å²) in [6.45, 7) is 7.51. The molecule has 0 saturated carbocycles. The molecule has 0 atom stereocenters. The van der Waals surface area contributed by atoms with Crippen molar-refractivity contribution in [3.05, 3.63) is 70.4 Å². The Hall–Kier alpha value is -3.18. The van der Waals surface area contributed by atoms with Crippen LogP contribution >= 0.6 is 0 Å². The number of aryl methyl sites for hydroxylation is 1. The third-order valence-electron chi connectivity index (χ3n) is 7.56. The van der Waals surface area contributed by atoms with Gasteiger partial charge in [-0.25, -0.2) is 13.8 Å². The van der Waals surface area contributed by atoms with Gasteiger partial charge in [-0.1, -0.05) is 6.07 Å². The number of likely N-dealkylation sites (tertiary alicyclic amines) is 1. The van der Waals surface area contributed by atoms with Crippen LogP contribution in [-0.2, 0) is 24.2 Å². The Morgan fingerprint density at radius 2 is 1.79 bits per heavy atom. The summed E-state index contributed by atoms with van der Waals surface area (Å²) in [7, 11) is 0. The van der Waals surface area contributed by atoms with E-state index >= 15 is 8.78 Å². The monoisotopic (exact) mass is 522 g/mol. The minimum atomic E-state index is -0.547. The number of aliphatic hydroxyl groups excluding tert-OH is 1. The van der Waals surface area contributed by atoms with E-state index in [2.05, 4.69) is 34.3 Å². The number of β-amino-alcohol motifs (C(OH)–C–C–N with tert-alkyl or cyclic N) is 1. The fraction of sp³-hybridized carbons (Fsp3) is 0.429. The maximum Gasteiger partial charge on any atom is 0.229 e. The lowest BCUT2D eigenvalue weighted by molar-refractivity contribution is -0.00295. The van der Waals surface area contributed by atoms with Gasteiger partial charge in [0.25, 0.3) is 0 Å². The number of nitrogens with zero attached hydrogens (tertiary/aromatic N) is 5. The van der Waals surface area contributed by atoms with Crippen LogP contribution in [0.3, 0.4) is 0 Å². The number of anilines is 4. The summed E-state index contributed by atoms with van der Waals surface area (Å²) in [6, 6.07) is 8.92. The average molecular weight is 523 g/mol. The Labute approximate surface area is 220 Å². The fourth-order valence-electron chi connectivity index (χ4n) is 5.30.